The topological polar surface area (TPSA) is 40.1 Å². The molecule has 0 bridgehead atoms. The Morgan fingerprint density at radius 1 is 1.55 bits per heavy atom. The van der Waals surface area contributed by atoms with E-state index in [1.165, 1.54) is 6.07 Å². The van der Waals surface area contributed by atoms with Crippen molar-refractivity contribution in [3.05, 3.63) is 28.5 Å². The zero-order valence-electron chi connectivity index (χ0n) is 5.21. The lowest BCUT2D eigenvalue weighted by molar-refractivity contribution is 0.536. The molecule has 0 N–H and O–H groups in total. The van der Waals surface area contributed by atoms with Gasteiger partial charge in [0.15, 0.2) is 0 Å². The van der Waals surface area contributed by atoms with Gasteiger partial charge in [0.25, 0.3) is 0 Å². The maximum atomic E-state index is 12.4. The number of hydrogen-bond acceptors (Lipinski definition) is 2. The van der Waals surface area contributed by atoms with E-state index in [2.05, 4.69) is 15.9 Å². The second kappa shape index (κ2) is 3.42. The standard InChI is InChI=1S/C6H4BrFO2S/c7-5-3-4(8)1-2-6(5)11(9)10/h1-3H,(H,9,10)/p-1. The van der Waals surface area contributed by atoms with Crippen molar-refractivity contribution < 1.29 is 13.2 Å². The Balaban J connectivity index is 3.20. The van der Waals surface area contributed by atoms with Crippen LogP contribution in [0.2, 0.25) is 0 Å². The molecule has 1 atom stereocenters. The third-order valence-corrected chi connectivity index (χ3v) is 2.71. The van der Waals surface area contributed by atoms with E-state index in [1.54, 1.807) is 0 Å². The molecule has 0 aliphatic rings. The van der Waals surface area contributed by atoms with Crippen molar-refractivity contribution in [1.82, 2.24) is 0 Å². The minimum absolute atomic E-state index is 0.0615. The highest BCUT2D eigenvalue weighted by atomic mass is 79.9. The Labute approximate surface area is 73.8 Å². The van der Waals surface area contributed by atoms with Crippen molar-refractivity contribution in [3.8, 4) is 0 Å². The molecular weight excluding hydrogens is 235 g/mol. The minimum atomic E-state index is -2.31. The molecule has 0 saturated carbocycles. The predicted octanol–water partition coefficient (Wildman–Crippen LogP) is 1.83. The van der Waals surface area contributed by atoms with Gasteiger partial charge in [-0.15, -0.1) is 0 Å². The molecule has 2 nitrogen and oxygen atoms in total. The van der Waals surface area contributed by atoms with Crippen LogP contribution in [0, 0.1) is 5.82 Å². The van der Waals surface area contributed by atoms with Gasteiger partial charge >= 0.3 is 0 Å². The van der Waals surface area contributed by atoms with Crippen LogP contribution in [0.15, 0.2) is 27.6 Å². The Morgan fingerprint density at radius 3 is 2.64 bits per heavy atom. The first kappa shape index (κ1) is 8.83. The summed E-state index contributed by atoms with van der Waals surface area (Å²) in [5, 5.41) is 0. The third kappa shape index (κ3) is 2.08. The molecule has 0 radical (unpaired) electrons. The van der Waals surface area contributed by atoms with E-state index in [1.807, 2.05) is 0 Å². The summed E-state index contributed by atoms with van der Waals surface area (Å²) >= 11 is 0.602. The summed E-state index contributed by atoms with van der Waals surface area (Å²) in [5.74, 6) is -0.467. The molecule has 0 aliphatic carbocycles. The highest BCUT2D eigenvalue weighted by Gasteiger charge is 2.00. The molecule has 0 saturated heterocycles. The first-order valence-corrected chi connectivity index (χ1v) is 4.52. The Bertz CT molecular complexity index is 303. The third-order valence-electron chi connectivity index (χ3n) is 1.07. The Hall–Kier alpha value is -0.260. The molecule has 60 valence electrons. The van der Waals surface area contributed by atoms with E-state index in [0.717, 1.165) is 12.1 Å². The van der Waals surface area contributed by atoms with Crippen LogP contribution in [0.1, 0.15) is 0 Å². The SMILES string of the molecule is O=S([O-])c1ccc(F)cc1Br. The summed E-state index contributed by atoms with van der Waals surface area (Å²) in [6, 6.07) is 3.39. The second-order valence-electron chi connectivity index (χ2n) is 1.81. The maximum absolute atomic E-state index is 12.4. The van der Waals surface area contributed by atoms with Crippen molar-refractivity contribution in [3.63, 3.8) is 0 Å². The van der Waals surface area contributed by atoms with Crippen molar-refractivity contribution in [1.29, 1.82) is 0 Å². The van der Waals surface area contributed by atoms with E-state index in [0.29, 0.717) is 0 Å². The molecule has 0 aliphatic heterocycles. The zero-order valence-corrected chi connectivity index (χ0v) is 7.62. The molecule has 1 aromatic rings. The van der Waals surface area contributed by atoms with Gasteiger partial charge in [-0.3, -0.25) is 4.21 Å². The summed E-state index contributed by atoms with van der Waals surface area (Å²) in [6.45, 7) is 0. The molecule has 0 fully saturated rings. The molecule has 1 aromatic carbocycles. The number of hydrogen-bond donors (Lipinski definition) is 0. The molecule has 11 heavy (non-hydrogen) atoms. The summed E-state index contributed by atoms with van der Waals surface area (Å²) < 4.78 is 33.4. The van der Waals surface area contributed by atoms with Gasteiger partial charge in [-0.2, -0.15) is 0 Å². The van der Waals surface area contributed by atoms with E-state index >= 15 is 0 Å². The van der Waals surface area contributed by atoms with Gasteiger partial charge < -0.3 is 4.55 Å². The van der Waals surface area contributed by atoms with Crippen LogP contribution < -0.4 is 0 Å². The van der Waals surface area contributed by atoms with Crippen molar-refractivity contribution in [2.75, 3.05) is 0 Å². The van der Waals surface area contributed by atoms with Crippen LogP contribution in [0.25, 0.3) is 0 Å². The van der Waals surface area contributed by atoms with E-state index in [9.17, 15) is 13.2 Å². The van der Waals surface area contributed by atoms with Crippen LogP contribution in [-0.4, -0.2) is 8.76 Å². The molecule has 0 amide bonds. The maximum Gasteiger partial charge on any atom is 0.124 e. The lowest BCUT2D eigenvalue weighted by Gasteiger charge is -2.06. The molecular formula is C6H3BrFO2S-. The number of halogens is 2. The zero-order chi connectivity index (χ0) is 8.43. The monoisotopic (exact) mass is 237 g/mol. The fraction of sp³-hybridized carbons (Fsp3) is 0. The highest BCUT2D eigenvalue weighted by molar-refractivity contribution is 9.10. The summed E-state index contributed by atoms with van der Waals surface area (Å²) in [5.41, 5.74) is 0. The van der Waals surface area contributed by atoms with Crippen LogP contribution in [-0.2, 0) is 11.1 Å². The van der Waals surface area contributed by atoms with Gasteiger partial charge in [0.2, 0.25) is 0 Å². The highest BCUT2D eigenvalue weighted by Crippen LogP contribution is 2.19. The second-order valence-corrected chi connectivity index (χ2v) is 3.57. The van der Waals surface area contributed by atoms with Crippen LogP contribution in [0.4, 0.5) is 4.39 Å². The first-order valence-electron chi connectivity index (χ1n) is 2.65. The van der Waals surface area contributed by atoms with Gasteiger partial charge in [-0.25, -0.2) is 4.39 Å². The molecule has 0 heterocycles. The van der Waals surface area contributed by atoms with Crippen molar-refractivity contribution in [2.24, 2.45) is 0 Å². The lowest BCUT2D eigenvalue weighted by atomic mass is 10.3. The average molecular weight is 238 g/mol. The molecule has 0 spiro atoms. The average Bonchev–Trinajstić information content (AvgIpc) is 1.85. The van der Waals surface area contributed by atoms with E-state index < -0.39 is 16.9 Å². The first-order chi connectivity index (χ1) is 5.11. The lowest BCUT2D eigenvalue weighted by Crippen LogP contribution is -1.90. The summed E-state index contributed by atoms with van der Waals surface area (Å²) in [6.07, 6.45) is 0. The van der Waals surface area contributed by atoms with Gasteiger partial charge in [0.1, 0.15) is 5.82 Å². The quantitative estimate of drug-likeness (QED) is 0.700. The predicted molar refractivity (Wildman–Crippen MR) is 41.3 cm³/mol. The largest absolute Gasteiger partial charge is 0.768 e. The molecule has 5 heteroatoms. The minimum Gasteiger partial charge on any atom is -0.768 e. The van der Waals surface area contributed by atoms with Crippen LogP contribution in [0.5, 0.6) is 0 Å². The van der Waals surface area contributed by atoms with Gasteiger partial charge in [0.05, 0.1) is 0 Å². The van der Waals surface area contributed by atoms with E-state index in [4.69, 9.17) is 0 Å². The van der Waals surface area contributed by atoms with Gasteiger partial charge in [-0.1, -0.05) is 0 Å². The normalized spacial score (nSPS) is 13.0. The summed E-state index contributed by atoms with van der Waals surface area (Å²) in [4.78, 5) is 0.0615. The van der Waals surface area contributed by atoms with E-state index in [-0.39, 0.29) is 9.37 Å². The summed E-state index contributed by atoms with van der Waals surface area (Å²) in [7, 11) is 0. The fourth-order valence-corrected chi connectivity index (χ4v) is 1.76. The van der Waals surface area contributed by atoms with Crippen molar-refractivity contribution in [2.45, 2.75) is 4.90 Å². The molecule has 1 rings (SSSR count). The Kier molecular flexibility index (Phi) is 2.75. The van der Waals surface area contributed by atoms with Gasteiger partial charge in [0, 0.05) is 9.37 Å². The van der Waals surface area contributed by atoms with Gasteiger partial charge in [-0.05, 0) is 45.2 Å². The van der Waals surface area contributed by atoms with Crippen LogP contribution in [0.3, 0.4) is 0 Å². The molecule has 1 unspecified atom stereocenters. The number of benzene rings is 1. The fourth-order valence-electron chi connectivity index (χ4n) is 0.610. The molecule has 0 aromatic heterocycles. The smallest absolute Gasteiger partial charge is 0.124 e. The Morgan fingerprint density at radius 2 is 2.18 bits per heavy atom. The number of rotatable bonds is 1. The van der Waals surface area contributed by atoms with Crippen molar-refractivity contribution >= 4 is 27.0 Å². The van der Waals surface area contributed by atoms with Crippen LogP contribution >= 0.6 is 15.9 Å².